The van der Waals surface area contributed by atoms with E-state index in [1.54, 1.807) is 12.4 Å². The fourth-order valence-electron chi connectivity index (χ4n) is 3.40. The molecule has 1 aromatic heterocycles. The van der Waals surface area contributed by atoms with Crippen molar-refractivity contribution in [2.24, 2.45) is 10.4 Å². The number of aliphatic imine (C=N–C) groups is 1. The van der Waals surface area contributed by atoms with Crippen molar-refractivity contribution in [3.05, 3.63) is 24.5 Å². The largest absolute Gasteiger partial charge is 0.490 e. The molecule has 2 N–H and O–H groups in total. The molecule has 0 bridgehead atoms. The average molecular weight is 363 g/mol. The molecule has 1 saturated carbocycles. The predicted molar refractivity (Wildman–Crippen MR) is 106 cm³/mol. The van der Waals surface area contributed by atoms with Gasteiger partial charge in [-0.2, -0.15) is 0 Å². The number of pyridine rings is 1. The molecule has 1 aromatic rings. The van der Waals surface area contributed by atoms with Gasteiger partial charge in [0.05, 0.1) is 12.7 Å². The fraction of sp³-hybridized carbons (Fsp3) is 0.700. The number of guanidine groups is 1. The van der Waals surface area contributed by atoms with E-state index in [-0.39, 0.29) is 0 Å². The Balaban J connectivity index is 1.80. The molecule has 0 unspecified atom stereocenters. The van der Waals surface area contributed by atoms with Crippen molar-refractivity contribution >= 4 is 5.96 Å². The maximum absolute atomic E-state index is 5.67. The third-order valence-corrected chi connectivity index (χ3v) is 4.86. The molecule has 26 heavy (non-hydrogen) atoms. The lowest BCUT2D eigenvalue weighted by Gasteiger charge is -2.27. The molecule has 0 atom stereocenters. The van der Waals surface area contributed by atoms with Gasteiger partial charge in [0.1, 0.15) is 12.4 Å². The van der Waals surface area contributed by atoms with Crippen LogP contribution in [-0.4, -0.2) is 50.4 Å². The normalized spacial score (nSPS) is 16.5. The van der Waals surface area contributed by atoms with Crippen LogP contribution in [-0.2, 0) is 4.74 Å². The lowest BCUT2D eigenvalue weighted by Crippen LogP contribution is -2.40. The molecule has 6 nitrogen and oxygen atoms in total. The highest BCUT2D eigenvalue weighted by Gasteiger charge is 2.33. The first-order valence-corrected chi connectivity index (χ1v) is 9.91. The van der Waals surface area contributed by atoms with Crippen molar-refractivity contribution < 1.29 is 9.47 Å². The molecule has 146 valence electrons. The van der Waals surface area contributed by atoms with Gasteiger partial charge in [0.25, 0.3) is 0 Å². The third-order valence-electron chi connectivity index (χ3n) is 4.86. The smallest absolute Gasteiger partial charge is 0.191 e. The molecule has 1 aliphatic carbocycles. The summed E-state index contributed by atoms with van der Waals surface area (Å²) < 4.78 is 11.3. The van der Waals surface area contributed by atoms with Gasteiger partial charge in [-0.3, -0.25) is 9.98 Å². The zero-order valence-electron chi connectivity index (χ0n) is 16.3. The minimum Gasteiger partial charge on any atom is -0.490 e. The number of hydrogen-bond acceptors (Lipinski definition) is 4. The number of hydrogen-bond donors (Lipinski definition) is 2. The molecular formula is C20H34N4O2. The first-order valence-electron chi connectivity index (χ1n) is 9.91. The van der Waals surface area contributed by atoms with Crippen molar-refractivity contribution in [3.8, 4) is 5.75 Å². The van der Waals surface area contributed by atoms with E-state index in [9.17, 15) is 0 Å². The van der Waals surface area contributed by atoms with Crippen LogP contribution in [0.1, 0.15) is 46.0 Å². The Morgan fingerprint density at radius 2 is 2.08 bits per heavy atom. The molecule has 6 heteroatoms. The number of nitrogens with zero attached hydrogens (tertiary/aromatic N) is 2. The van der Waals surface area contributed by atoms with E-state index in [1.807, 2.05) is 12.1 Å². The van der Waals surface area contributed by atoms with Gasteiger partial charge in [0.2, 0.25) is 0 Å². The molecule has 1 fully saturated rings. The standard InChI is InChI=1S/C20H34N4O2/c1-3-22-19(23-13-15-26-18-8-7-12-21-16-18)24-17-20(9-5-6-10-20)11-14-25-4-2/h7-8,12,16H,3-6,9-11,13-15,17H2,1-2H3,(H2,22,23,24). The summed E-state index contributed by atoms with van der Waals surface area (Å²) in [5, 5.41) is 6.69. The molecule has 0 aromatic carbocycles. The van der Waals surface area contributed by atoms with Crippen LogP contribution < -0.4 is 15.4 Å². The second-order valence-electron chi connectivity index (χ2n) is 6.81. The maximum Gasteiger partial charge on any atom is 0.191 e. The topological polar surface area (TPSA) is 67.8 Å². The van der Waals surface area contributed by atoms with Crippen LogP contribution in [0.2, 0.25) is 0 Å². The van der Waals surface area contributed by atoms with Crippen molar-refractivity contribution in [2.75, 3.05) is 39.5 Å². The molecule has 2 rings (SSSR count). The van der Waals surface area contributed by atoms with Crippen molar-refractivity contribution in [3.63, 3.8) is 0 Å². The fourth-order valence-corrected chi connectivity index (χ4v) is 3.40. The Morgan fingerprint density at radius 3 is 2.77 bits per heavy atom. The summed E-state index contributed by atoms with van der Waals surface area (Å²) in [4.78, 5) is 8.91. The van der Waals surface area contributed by atoms with Gasteiger partial charge >= 0.3 is 0 Å². The molecule has 1 heterocycles. The highest BCUT2D eigenvalue weighted by atomic mass is 16.5. The Bertz CT molecular complexity index is 516. The van der Waals surface area contributed by atoms with Gasteiger partial charge in [0, 0.05) is 32.5 Å². The Labute approximate surface area is 157 Å². The quantitative estimate of drug-likeness (QED) is 0.360. The van der Waals surface area contributed by atoms with E-state index in [4.69, 9.17) is 14.5 Å². The minimum atomic E-state index is 0.309. The molecule has 0 spiro atoms. The number of aromatic nitrogens is 1. The number of rotatable bonds is 11. The SMILES string of the molecule is CCNC(=NCC1(CCOCC)CCCC1)NCCOc1cccnc1. The molecule has 0 aliphatic heterocycles. The van der Waals surface area contributed by atoms with E-state index in [0.717, 1.165) is 44.4 Å². The van der Waals surface area contributed by atoms with E-state index in [2.05, 4.69) is 29.5 Å². The summed E-state index contributed by atoms with van der Waals surface area (Å²) in [6.45, 7) is 8.76. The minimum absolute atomic E-state index is 0.309. The Hall–Kier alpha value is -1.82. The summed E-state index contributed by atoms with van der Waals surface area (Å²) in [6, 6.07) is 3.78. The van der Waals surface area contributed by atoms with E-state index in [0.29, 0.717) is 18.6 Å². The Kier molecular flexibility index (Phi) is 9.24. The highest BCUT2D eigenvalue weighted by Crippen LogP contribution is 2.41. The van der Waals surface area contributed by atoms with E-state index in [1.165, 1.54) is 25.7 Å². The summed E-state index contributed by atoms with van der Waals surface area (Å²) in [6.07, 6.45) is 9.70. The zero-order chi connectivity index (χ0) is 18.5. The van der Waals surface area contributed by atoms with Gasteiger partial charge in [-0.15, -0.1) is 0 Å². The lowest BCUT2D eigenvalue weighted by molar-refractivity contribution is 0.107. The summed E-state index contributed by atoms with van der Waals surface area (Å²) in [5.74, 6) is 1.65. The van der Waals surface area contributed by atoms with Gasteiger partial charge < -0.3 is 20.1 Å². The van der Waals surface area contributed by atoms with Crippen LogP contribution in [0.4, 0.5) is 0 Å². The molecule has 0 amide bonds. The zero-order valence-corrected chi connectivity index (χ0v) is 16.3. The van der Waals surface area contributed by atoms with E-state index < -0.39 is 0 Å². The maximum atomic E-state index is 5.67. The van der Waals surface area contributed by atoms with Gasteiger partial charge in [-0.05, 0) is 50.7 Å². The van der Waals surface area contributed by atoms with Gasteiger partial charge in [-0.1, -0.05) is 12.8 Å². The summed E-state index contributed by atoms with van der Waals surface area (Å²) in [5.41, 5.74) is 0.309. The molecule has 0 saturated heterocycles. The van der Waals surface area contributed by atoms with Crippen molar-refractivity contribution in [1.82, 2.24) is 15.6 Å². The monoisotopic (exact) mass is 362 g/mol. The predicted octanol–water partition coefficient (Wildman–Crippen LogP) is 3.00. The highest BCUT2D eigenvalue weighted by molar-refractivity contribution is 5.79. The summed E-state index contributed by atoms with van der Waals surface area (Å²) >= 11 is 0. The van der Waals surface area contributed by atoms with Crippen molar-refractivity contribution in [2.45, 2.75) is 46.0 Å². The summed E-state index contributed by atoms with van der Waals surface area (Å²) in [7, 11) is 0. The van der Waals surface area contributed by atoms with Crippen LogP contribution in [0.15, 0.2) is 29.5 Å². The van der Waals surface area contributed by atoms with Gasteiger partial charge in [0.15, 0.2) is 5.96 Å². The van der Waals surface area contributed by atoms with Crippen LogP contribution >= 0.6 is 0 Å². The van der Waals surface area contributed by atoms with Crippen LogP contribution in [0, 0.1) is 5.41 Å². The number of ether oxygens (including phenoxy) is 2. The van der Waals surface area contributed by atoms with Crippen molar-refractivity contribution in [1.29, 1.82) is 0 Å². The first kappa shape index (κ1) is 20.5. The third kappa shape index (κ3) is 7.20. The second-order valence-corrected chi connectivity index (χ2v) is 6.81. The van der Waals surface area contributed by atoms with Crippen LogP contribution in [0.25, 0.3) is 0 Å². The van der Waals surface area contributed by atoms with Gasteiger partial charge in [-0.25, -0.2) is 0 Å². The number of nitrogens with one attached hydrogen (secondary N) is 2. The lowest BCUT2D eigenvalue weighted by atomic mass is 9.83. The molecular weight excluding hydrogens is 328 g/mol. The molecule has 1 aliphatic rings. The molecule has 0 radical (unpaired) electrons. The van der Waals surface area contributed by atoms with Crippen LogP contribution in [0.3, 0.4) is 0 Å². The second kappa shape index (κ2) is 11.7. The Morgan fingerprint density at radius 1 is 1.23 bits per heavy atom. The van der Waals surface area contributed by atoms with Crippen LogP contribution in [0.5, 0.6) is 5.75 Å². The average Bonchev–Trinajstić information content (AvgIpc) is 3.13. The first-order chi connectivity index (χ1) is 12.8. The van der Waals surface area contributed by atoms with E-state index >= 15 is 0 Å².